The van der Waals surface area contributed by atoms with Crippen LogP contribution in [0.5, 0.6) is 0 Å². The van der Waals surface area contributed by atoms with E-state index in [0.29, 0.717) is 5.56 Å². The summed E-state index contributed by atoms with van der Waals surface area (Å²) in [5.41, 5.74) is 3.59. The molecule has 0 bridgehead atoms. The molecule has 2 aliphatic heterocycles. The molecule has 490 valence electrons. The van der Waals surface area contributed by atoms with E-state index in [1.54, 1.807) is 58.0 Å². The summed E-state index contributed by atoms with van der Waals surface area (Å²) in [4.78, 5) is 69.9. The number of hydrogen-bond donors (Lipinski definition) is 14. The van der Waals surface area contributed by atoms with Crippen LogP contribution in [0.25, 0.3) is 0 Å². The number of halogens is 2. The maximum Gasteiger partial charge on any atom is 0.408 e. The number of ether oxygens (including phenoxy) is 5. The van der Waals surface area contributed by atoms with Crippen LogP contribution in [0, 0.1) is 23.7 Å². The molecule has 3 aromatic rings. The van der Waals surface area contributed by atoms with Crippen molar-refractivity contribution in [1.29, 1.82) is 0 Å². The Bertz CT molecular complexity index is 2490. The Balaban J connectivity index is 0.000000561. The molecule has 12 unspecified atom stereocenters. The van der Waals surface area contributed by atoms with Gasteiger partial charge < -0.3 is 100 Å². The van der Waals surface area contributed by atoms with Gasteiger partial charge in [-0.15, -0.1) is 0 Å². The fraction of sp³-hybridized carbons (Fsp3) is 0.559. The molecular formula is C59H87Cl2N3O23. The third kappa shape index (κ3) is 27.5. The number of carboxylic acids is 2. The number of aliphatic hydroxyl groups excluding tert-OH is 8. The Morgan fingerprint density at radius 1 is 0.598 bits per heavy atom. The minimum Gasteiger partial charge on any atom is -0.480 e. The Morgan fingerprint density at radius 3 is 1.22 bits per heavy atom. The van der Waals surface area contributed by atoms with Crippen molar-refractivity contribution >= 4 is 58.5 Å². The Kier molecular flexibility index (Phi) is 35.4. The Morgan fingerprint density at radius 2 is 0.931 bits per heavy atom. The summed E-state index contributed by atoms with van der Waals surface area (Å²) in [5, 5.41) is 119. The van der Waals surface area contributed by atoms with Crippen LogP contribution >= 0.6 is 23.2 Å². The summed E-state index contributed by atoms with van der Waals surface area (Å²) in [6.07, 6.45) is -13.6. The number of benzene rings is 3. The van der Waals surface area contributed by atoms with Gasteiger partial charge in [-0.1, -0.05) is 144 Å². The van der Waals surface area contributed by atoms with Gasteiger partial charge in [0.2, 0.25) is 5.24 Å². The highest BCUT2D eigenvalue weighted by Gasteiger charge is 2.54. The van der Waals surface area contributed by atoms with Crippen LogP contribution in [-0.2, 0) is 62.7 Å². The van der Waals surface area contributed by atoms with E-state index in [9.17, 15) is 69.6 Å². The number of esters is 1. The van der Waals surface area contributed by atoms with E-state index in [1.165, 1.54) is 13.8 Å². The van der Waals surface area contributed by atoms with Gasteiger partial charge in [-0.3, -0.25) is 4.79 Å². The summed E-state index contributed by atoms with van der Waals surface area (Å²) in [6.45, 7) is 12.7. The topological polar surface area (TPSA) is 419 Å². The van der Waals surface area contributed by atoms with Crippen LogP contribution in [0.2, 0.25) is 0 Å². The number of carbonyl (C=O) groups excluding carboxylic acids is 4. The number of allylic oxidation sites excluding steroid dienone is 1. The molecule has 2 fully saturated rings. The molecular weight excluding hydrogens is 1190 g/mol. The van der Waals surface area contributed by atoms with Crippen LogP contribution in [0.3, 0.4) is 0 Å². The summed E-state index contributed by atoms with van der Waals surface area (Å²) in [6, 6.07) is 25.6. The van der Waals surface area contributed by atoms with Crippen molar-refractivity contribution in [3.63, 3.8) is 0 Å². The summed E-state index contributed by atoms with van der Waals surface area (Å²) >= 11 is 11.1. The predicted molar refractivity (Wildman–Crippen MR) is 314 cm³/mol. The van der Waals surface area contributed by atoms with E-state index in [-0.39, 0.29) is 31.7 Å². The van der Waals surface area contributed by atoms with Gasteiger partial charge in [0.25, 0.3) is 11.6 Å². The SMILES string of the molecule is CC(C)=C(Cl)N(C)C.CC(C)[C@H](NC(=O)OCc1ccccc1)C(=O)Cl.CC(C)[C@H](NC(=O)OCc1ccccc1)C(=O)O.CC1C(O)CC(O)(C(=O)O)OC1C(O)C(O)CO.CC1C(O)CC(O)(C(=O)OCc2ccccc2)OC1C(O)C(O)CO. The van der Waals surface area contributed by atoms with Crippen molar-refractivity contribution in [2.45, 2.75) is 161 Å². The maximum absolute atomic E-state index is 12.3. The van der Waals surface area contributed by atoms with Gasteiger partial charge in [-0.05, 0) is 59.5 Å². The summed E-state index contributed by atoms with van der Waals surface area (Å²) in [7, 11) is 3.85. The van der Waals surface area contributed by atoms with Crippen LogP contribution in [0.15, 0.2) is 102 Å². The highest BCUT2D eigenvalue weighted by Crippen LogP contribution is 2.36. The van der Waals surface area contributed by atoms with Gasteiger partial charge in [0.05, 0.1) is 37.6 Å². The fourth-order valence-electron chi connectivity index (χ4n) is 7.89. The van der Waals surface area contributed by atoms with Gasteiger partial charge in [-0.25, -0.2) is 24.0 Å². The third-order valence-corrected chi connectivity index (χ3v) is 14.2. The predicted octanol–water partition coefficient (Wildman–Crippen LogP) is 2.94. The minimum absolute atomic E-state index is 0.0840. The molecule has 5 rings (SSSR count). The smallest absolute Gasteiger partial charge is 0.408 e. The van der Waals surface area contributed by atoms with Crippen molar-refractivity contribution in [2.24, 2.45) is 23.7 Å². The van der Waals surface area contributed by atoms with E-state index in [1.807, 2.05) is 93.5 Å². The van der Waals surface area contributed by atoms with Crippen molar-refractivity contribution in [2.75, 3.05) is 27.3 Å². The first-order valence-electron chi connectivity index (χ1n) is 27.5. The zero-order valence-electron chi connectivity index (χ0n) is 50.3. The van der Waals surface area contributed by atoms with E-state index in [2.05, 4.69) is 10.6 Å². The number of alkyl carbamates (subject to hydrolysis) is 2. The quantitative estimate of drug-likeness (QED) is 0.0315. The maximum atomic E-state index is 12.3. The number of carboxylic acid groups (broad SMARTS) is 2. The van der Waals surface area contributed by atoms with Crippen molar-refractivity contribution in [1.82, 2.24) is 15.5 Å². The summed E-state index contributed by atoms with van der Waals surface area (Å²) in [5.74, 6) is -10.6. The van der Waals surface area contributed by atoms with Crippen LogP contribution in [-0.4, -0.2) is 201 Å². The minimum atomic E-state index is -2.62. The van der Waals surface area contributed by atoms with Gasteiger partial charge in [0.15, 0.2) is 0 Å². The van der Waals surface area contributed by atoms with Crippen LogP contribution in [0.4, 0.5) is 9.59 Å². The molecule has 3 aromatic carbocycles. The highest BCUT2D eigenvalue weighted by atomic mass is 35.5. The highest BCUT2D eigenvalue weighted by molar-refractivity contribution is 6.64. The second-order valence-electron chi connectivity index (χ2n) is 21.5. The molecule has 2 saturated heterocycles. The number of hydrogen-bond acceptors (Lipinski definition) is 22. The number of aliphatic carboxylic acids is 2. The molecule has 28 heteroatoms. The standard InChI is InChI=1S/C17H24O8.C13H16ClNO3.C13H17NO4.C10H18O8.C6H12ClN/c1-10-12(19)7-17(23,25-15(10)14(21)13(20)8-18)16(22)24-9-11-5-3-2-4-6-11;1-9(2)11(12(14)16)15-13(17)18-8-10-6-4-3-5-7-10;1-9(2)11(12(15)16)14-13(17)18-8-10-6-4-3-5-7-10;1-4-5(12)2-10(17,9(15)16)18-8(4)7(14)6(13)3-11;1-5(2)6(7)8(3)4/h2-6,10,12-15,18-21,23H,7-9H2,1H3;3-7,9,11H,8H2,1-2H3,(H,15,17);3-7,9,11H,8H2,1-2H3,(H,14,17)(H,15,16);4-8,11-14,17H,2-3H2,1H3,(H,15,16);1-4H3/t;2*11-;;/m.00../s1. The van der Waals surface area contributed by atoms with Gasteiger partial charge in [0, 0.05) is 38.8 Å². The number of aliphatic hydroxyl groups is 10. The van der Waals surface area contributed by atoms with E-state index in [4.69, 9.17) is 67.3 Å². The van der Waals surface area contributed by atoms with E-state index in [0.717, 1.165) is 21.9 Å². The normalized spacial score (nSPS) is 23.3. The first kappa shape index (κ1) is 78.9. The monoisotopic (exact) mass is 1280 g/mol. The molecule has 0 aliphatic carbocycles. The van der Waals surface area contributed by atoms with Gasteiger partial charge >= 0.3 is 30.1 Å². The van der Waals surface area contributed by atoms with Crippen LogP contribution < -0.4 is 10.6 Å². The molecule has 0 aromatic heterocycles. The van der Waals surface area contributed by atoms with E-state index < -0.39 is 146 Å². The average molecular weight is 1280 g/mol. The molecule has 14 N–H and O–H groups in total. The van der Waals surface area contributed by atoms with Crippen molar-refractivity contribution < 1.29 is 114 Å². The number of amides is 2. The van der Waals surface area contributed by atoms with Gasteiger partial charge in [-0.2, -0.15) is 0 Å². The Hall–Kier alpha value is -6.08. The lowest BCUT2D eigenvalue weighted by atomic mass is 9.85. The molecule has 2 amide bonds. The number of carbonyl (C=O) groups is 6. The molecule has 0 spiro atoms. The molecule has 2 heterocycles. The zero-order chi connectivity index (χ0) is 66.5. The average Bonchev–Trinajstić information content (AvgIpc) is 1.00. The zero-order valence-corrected chi connectivity index (χ0v) is 51.8. The Labute approximate surface area is 515 Å². The van der Waals surface area contributed by atoms with Gasteiger partial charge in [0.1, 0.15) is 61.5 Å². The molecule has 14 atom stereocenters. The van der Waals surface area contributed by atoms with Crippen molar-refractivity contribution in [3.05, 3.63) is 118 Å². The first-order chi connectivity index (χ1) is 40.6. The lowest BCUT2D eigenvalue weighted by Crippen LogP contribution is -2.60. The lowest BCUT2D eigenvalue weighted by molar-refractivity contribution is -0.304. The number of nitrogens with one attached hydrogen (secondary N) is 2. The molecule has 2 aliphatic rings. The van der Waals surface area contributed by atoms with E-state index >= 15 is 0 Å². The third-order valence-electron chi connectivity index (χ3n) is 13.2. The first-order valence-corrected chi connectivity index (χ1v) is 28.2. The lowest BCUT2D eigenvalue weighted by Gasteiger charge is -2.43. The van der Waals surface area contributed by atoms with Crippen molar-refractivity contribution in [3.8, 4) is 0 Å². The fourth-order valence-corrected chi connectivity index (χ4v) is 8.19. The second kappa shape index (κ2) is 39.0. The summed E-state index contributed by atoms with van der Waals surface area (Å²) < 4.78 is 25.2. The molecule has 87 heavy (non-hydrogen) atoms. The number of rotatable bonds is 21. The number of nitrogens with zero attached hydrogens (tertiary/aromatic N) is 1. The molecule has 0 saturated carbocycles. The molecule has 26 nitrogen and oxygen atoms in total. The second-order valence-corrected chi connectivity index (χ2v) is 22.3. The molecule has 0 radical (unpaired) electrons. The van der Waals surface area contributed by atoms with Crippen LogP contribution in [0.1, 0.15) is 84.9 Å². The largest absolute Gasteiger partial charge is 0.480 e.